The van der Waals surface area contributed by atoms with Crippen LogP contribution in [0.15, 0.2) is 41.8 Å². The molecule has 1 aliphatic heterocycles. The number of amides is 1. The summed E-state index contributed by atoms with van der Waals surface area (Å²) in [4.78, 5) is 30.0. The van der Waals surface area contributed by atoms with Crippen molar-refractivity contribution in [2.75, 3.05) is 12.3 Å². The van der Waals surface area contributed by atoms with Crippen LogP contribution in [0.25, 0.3) is 10.2 Å². The van der Waals surface area contributed by atoms with Crippen molar-refractivity contribution < 1.29 is 4.79 Å². The van der Waals surface area contributed by atoms with Crippen molar-refractivity contribution in [1.82, 2.24) is 19.9 Å². The number of carbonyl (C=O) groups excluding carboxylic acids is 1. The number of thioether (sulfide) groups is 1. The zero-order valence-electron chi connectivity index (χ0n) is 13.9. The molecule has 0 aromatic carbocycles. The van der Waals surface area contributed by atoms with Crippen molar-refractivity contribution in [3.63, 3.8) is 0 Å². The summed E-state index contributed by atoms with van der Waals surface area (Å²) in [6.07, 6.45) is 5.38. The van der Waals surface area contributed by atoms with Crippen molar-refractivity contribution in [1.29, 1.82) is 0 Å². The maximum atomic E-state index is 12.8. The van der Waals surface area contributed by atoms with Crippen LogP contribution in [-0.2, 0) is 4.79 Å². The molecule has 0 bridgehead atoms. The fraction of sp³-hybridized carbons (Fsp3) is 0.333. The van der Waals surface area contributed by atoms with Gasteiger partial charge in [0.25, 0.3) is 0 Å². The average molecular weight is 371 g/mol. The number of thiophene rings is 1. The topological polar surface area (TPSA) is 59.0 Å². The van der Waals surface area contributed by atoms with Gasteiger partial charge in [0, 0.05) is 23.0 Å². The summed E-state index contributed by atoms with van der Waals surface area (Å²) in [5.41, 5.74) is 0.983. The van der Waals surface area contributed by atoms with E-state index in [1.165, 1.54) is 16.6 Å². The van der Waals surface area contributed by atoms with Crippen LogP contribution >= 0.6 is 23.1 Å². The first-order chi connectivity index (χ1) is 12.2. The first-order valence-electron chi connectivity index (χ1n) is 8.27. The Labute approximate surface area is 154 Å². The molecular weight excluding hydrogens is 352 g/mol. The molecule has 0 N–H and O–H groups in total. The number of rotatable bonds is 4. The fourth-order valence-electron chi connectivity index (χ4n) is 3.23. The normalized spacial score (nSPS) is 17.3. The summed E-state index contributed by atoms with van der Waals surface area (Å²) in [7, 11) is 0. The SMILES string of the molecule is Cc1cc2c(SCC(=O)N3CCC[C@H]3c3ccccn3)ncnc2s1. The molecule has 0 spiro atoms. The van der Waals surface area contributed by atoms with Gasteiger partial charge in [-0.15, -0.1) is 11.3 Å². The Morgan fingerprint density at radius 1 is 1.36 bits per heavy atom. The minimum absolute atomic E-state index is 0.100. The summed E-state index contributed by atoms with van der Waals surface area (Å²) in [5, 5.41) is 1.93. The quantitative estimate of drug-likeness (QED) is 0.516. The highest BCUT2D eigenvalue weighted by molar-refractivity contribution is 8.00. The van der Waals surface area contributed by atoms with E-state index in [0.717, 1.165) is 40.3 Å². The third-order valence-electron chi connectivity index (χ3n) is 4.35. The van der Waals surface area contributed by atoms with Gasteiger partial charge >= 0.3 is 0 Å². The van der Waals surface area contributed by atoms with E-state index in [0.29, 0.717) is 5.75 Å². The second-order valence-electron chi connectivity index (χ2n) is 6.04. The van der Waals surface area contributed by atoms with Gasteiger partial charge in [-0.1, -0.05) is 17.8 Å². The van der Waals surface area contributed by atoms with Crippen molar-refractivity contribution in [3.05, 3.63) is 47.4 Å². The van der Waals surface area contributed by atoms with E-state index in [1.807, 2.05) is 23.1 Å². The van der Waals surface area contributed by atoms with E-state index >= 15 is 0 Å². The van der Waals surface area contributed by atoms with E-state index < -0.39 is 0 Å². The largest absolute Gasteiger partial charge is 0.333 e. The summed E-state index contributed by atoms with van der Waals surface area (Å²) < 4.78 is 0. The predicted molar refractivity (Wildman–Crippen MR) is 101 cm³/mol. The molecule has 0 radical (unpaired) electrons. The summed E-state index contributed by atoms with van der Waals surface area (Å²) >= 11 is 3.15. The Hall–Kier alpha value is -1.99. The number of aromatic nitrogens is 3. The highest BCUT2D eigenvalue weighted by Gasteiger charge is 2.30. The minimum atomic E-state index is 0.100. The lowest BCUT2D eigenvalue weighted by molar-refractivity contribution is -0.129. The second-order valence-corrected chi connectivity index (χ2v) is 8.24. The summed E-state index contributed by atoms with van der Waals surface area (Å²) in [5.74, 6) is 0.543. The van der Waals surface area contributed by atoms with Crippen LogP contribution in [0.4, 0.5) is 0 Å². The number of hydrogen-bond acceptors (Lipinski definition) is 6. The minimum Gasteiger partial charge on any atom is -0.333 e. The third-order valence-corrected chi connectivity index (χ3v) is 6.30. The first kappa shape index (κ1) is 16.5. The van der Waals surface area contributed by atoms with Crippen LogP contribution in [0.3, 0.4) is 0 Å². The third kappa shape index (κ3) is 3.39. The lowest BCUT2D eigenvalue weighted by Gasteiger charge is -2.24. The Balaban J connectivity index is 1.48. The Morgan fingerprint density at radius 2 is 2.28 bits per heavy atom. The molecule has 1 saturated heterocycles. The lowest BCUT2D eigenvalue weighted by Crippen LogP contribution is -2.32. The number of pyridine rings is 1. The van der Waals surface area contributed by atoms with Crippen LogP contribution in [0, 0.1) is 6.92 Å². The maximum absolute atomic E-state index is 12.8. The molecule has 25 heavy (non-hydrogen) atoms. The molecule has 7 heteroatoms. The first-order valence-corrected chi connectivity index (χ1v) is 10.1. The zero-order chi connectivity index (χ0) is 17.2. The van der Waals surface area contributed by atoms with Crippen LogP contribution in [0.2, 0.25) is 0 Å². The molecule has 1 atom stereocenters. The molecule has 1 fully saturated rings. The smallest absolute Gasteiger partial charge is 0.233 e. The molecule has 3 aromatic rings. The van der Waals surface area contributed by atoms with Crippen molar-refractivity contribution in [3.8, 4) is 0 Å². The van der Waals surface area contributed by atoms with E-state index in [-0.39, 0.29) is 11.9 Å². The van der Waals surface area contributed by atoms with E-state index in [2.05, 4.69) is 27.9 Å². The van der Waals surface area contributed by atoms with Crippen LogP contribution in [0.1, 0.15) is 29.5 Å². The van der Waals surface area contributed by atoms with Crippen LogP contribution < -0.4 is 0 Å². The number of aryl methyl sites for hydroxylation is 1. The molecule has 1 amide bonds. The van der Waals surface area contributed by atoms with Crippen LogP contribution in [0.5, 0.6) is 0 Å². The number of nitrogens with zero attached hydrogens (tertiary/aromatic N) is 4. The molecule has 128 valence electrons. The van der Waals surface area contributed by atoms with Gasteiger partial charge in [-0.25, -0.2) is 9.97 Å². The molecule has 0 unspecified atom stereocenters. The fourth-order valence-corrected chi connectivity index (χ4v) is 5.00. The van der Waals surface area contributed by atoms with Crippen molar-refractivity contribution >= 4 is 39.2 Å². The molecule has 0 aliphatic carbocycles. The highest BCUT2D eigenvalue weighted by atomic mass is 32.2. The highest BCUT2D eigenvalue weighted by Crippen LogP contribution is 2.33. The van der Waals surface area contributed by atoms with Gasteiger partial charge in [-0.05, 0) is 38.0 Å². The van der Waals surface area contributed by atoms with E-state index in [9.17, 15) is 4.79 Å². The molecule has 3 aromatic heterocycles. The summed E-state index contributed by atoms with van der Waals surface area (Å²) in [6.45, 7) is 2.87. The van der Waals surface area contributed by atoms with Gasteiger partial charge in [0.1, 0.15) is 16.2 Å². The number of carbonyl (C=O) groups is 1. The maximum Gasteiger partial charge on any atom is 0.233 e. The zero-order valence-corrected chi connectivity index (χ0v) is 15.5. The van der Waals surface area contributed by atoms with Crippen LogP contribution in [-0.4, -0.2) is 38.1 Å². The lowest BCUT2D eigenvalue weighted by atomic mass is 10.1. The number of hydrogen-bond donors (Lipinski definition) is 0. The number of fused-ring (bicyclic) bond motifs is 1. The Morgan fingerprint density at radius 3 is 3.12 bits per heavy atom. The molecule has 1 aliphatic rings. The van der Waals surface area contributed by atoms with E-state index in [1.54, 1.807) is 23.9 Å². The average Bonchev–Trinajstić information content (AvgIpc) is 3.26. The predicted octanol–water partition coefficient (Wildman–Crippen LogP) is 3.85. The molecule has 4 heterocycles. The molecular formula is C18H18N4OS2. The Kier molecular flexibility index (Phi) is 4.67. The van der Waals surface area contributed by atoms with Crippen molar-refractivity contribution in [2.24, 2.45) is 0 Å². The Bertz CT molecular complexity index is 896. The second kappa shape index (κ2) is 7.09. The molecule has 4 rings (SSSR count). The standard InChI is InChI=1S/C18H18N4OS2/c1-12-9-13-17(20-11-21-18(13)25-12)24-10-16(23)22-8-4-6-15(22)14-5-2-3-7-19-14/h2-3,5,7,9,11,15H,4,6,8,10H2,1H3/t15-/m0/s1. The van der Waals surface area contributed by atoms with Crippen molar-refractivity contribution in [2.45, 2.75) is 30.8 Å². The van der Waals surface area contributed by atoms with E-state index in [4.69, 9.17) is 0 Å². The monoisotopic (exact) mass is 370 g/mol. The van der Waals surface area contributed by atoms with Gasteiger partial charge in [0.2, 0.25) is 5.91 Å². The van der Waals surface area contributed by atoms with Gasteiger partial charge < -0.3 is 4.90 Å². The van der Waals surface area contributed by atoms with Gasteiger partial charge in [-0.2, -0.15) is 0 Å². The molecule has 5 nitrogen and oxygen atoms in total. The van der Waals surface area contributed by atoms with Gasteiger partial charge in [0.15, 0.2) is 0 Å². The number of likely N-dealkylation sites (tertiary alicyclic amines) is 1. The van der Waals surface area contributed by atoms with Gasteiger partial charge in [0.05, 0.1) is 17.5 Å². The summed E-state index contributed by atoms with van der Waals surface area (Å²) in [6, 6.07) is 8.09. The van der Waals surface area contributed by atoms with Gasteiger partial charge in [-0.3, -0.25) is 9.78 Å². The molecule has 0 saturated carbocycles.